The zero-order valence-corrected chi connectivity index (χ0v) is 11.3. The number of nitrogens with one attached hydrogen (secondary N) is 1. The van der Waals surface area contributed by atoms with Crippen LogP contribution in [0.15, 0.2) is 5.38 Å². The molecular formula is C12H17N3O3S. The van der Waals surface area contributed by atoms with E-state index >= 15 is 0 Å². The molecule has 2 rings (SSSR count). The third-order valence-corrected chi connectivity index (χ3v) is 4.39. The molecule has 1 aliphatic rings. The van der Waals surface area contributed by atoms with Gasteiger partial charge in [-0.3, -0.25) is 9.59 Å². The summed E-state index contributed by atoms with van der Waals surface area (Å²) in [6.45, 7) is 0.717. The maximum atomic E-state index is 11.9. The van der Waals surface area contributed by atoms with Gasteiger partial charge >= 0.3 is 5.97 Å². The first kappa shape index (κ1) is 14.0. The highest BCUT2D eigenvalue weighted by molar-refractivity contribution is 7.09. The van der Waals surface area contributed by atoms with Crippen molar-refractivity contribution in [1.82, 2.24) is 10.3 Å². The van der Waals surface area contributed by atoms with E-state index in [1.807, 2.05) is 0 Å². The van der Waals surface area contributed by atoms with E-state index in [4.69, 9.17) is 10.8 Å². The van der Waals surface area contributed by atoms with Crippen molar-refractivity contribution in [3.05, 3.63) is 16.1 Å². The molecule has 1 saturated carbocycles. The Kier molecular flexibility index (Phi) is 4.16. The van der Waals surface area contributed by atoms with Crippen LogP contribution in [0.1, 0.15) is 41.2 Å². The van der Waals surface area contributed by atoms with Crippen molar-refractivity contribution in [2.24, 2.45) is 11.1 Å². The Hall–Kier alpha value is -1.47. The quantitative estimate of drug-likeness (QED) is 0.721. The molecular weight excluding hydrogens is 266 g/mol. The van der Waals surface area contributed by atoms with E-state index in [0.29, 0.717) is 23.8 Å². The van der Waals surface area contributed by atoms with Crippen molar-refractivity contribution in [2.45, 2.75) is 32.2 Å². The number of thiazole rings is 1. The lowest BCUT2D eigenvalue weighted by atomic mass is 9.66. The lowest BCUT2D eigenvalue weighted by Crippen LogP contribution is -2.43. The summed E-state index contributed by atoms with van der Waals surface area (Å²) >= 11 is 1.35. The molecule has 0 saturated heterocycles. The van der Waals surface area contributed by atoms with E-state index in [9.17, 15) is 9.59 Å². The van der Waals surface area contributed by atoms with E-state index in [1.165, 1.54) is 11.3 Å². The Bertz CT molecular complexity index is 482. The van der Waals surface area contributed by atoms with Gasteiger partial charge in [-0.05, 0) is 18.3 Å². The molecule has 1 aliphatic carbocycles. The average molecular weight is 283 g/mol. The first-order valence-corrected chi connectivity index (χ1v) is 7.07. The van der Waals surface area contributed by atoms with Crippen LogP contribution in [0.4, 0.5) is 0 Å². The maximum absolute atomic E-state index is 11.9. The smallest absolute Gasteiger partial charge is 0.303 e. The number of hydrogen-bond acceptors (Lipinski definition) is 5. The van der Waals surface area contributed by atoms with Crippen LogP contribution in [-0.2, 0) is 11.3 Å². The molecule has 1 heterocycles. The fourth-order valence-electron chi connectivity index (χ4n) is 2.28. The predicted octanol–water partition coefficient (Wildman–Crippen LogP) is 0.977. The molecule has 0 spiro atoms. The Morgan fingerprint density at radius 3 is 2.74 bits per heavy atom. The van der Waals surface area contributed by atoms with Gasteiger partial charge in [0.1, 0.15) is 10.7 Å². The molecule has 104 valence electrons. The van der Waals surface area contributed by atoms with Crippen molar-refractivity contribution in [3.63, 3.8) is 0 Å². The van der Waals surface area contributed by atoms with Crippen LogP contribution in [0.2, 0.25) is 0 Å². The van der Waals surface area contributed by atoms with Gasteiger partial charge in [0.05, 0.1) is 6.42 Å². The van der Waals surface area contributed by atoms with E-state index in [2.05, 4.69) is 10.3 Å². The molecule has 4 N–H and O–H groups in total. The van der Waals surface area contributed by atoms with Gasteiger partial charge in [-0.1, -0.05) is 6.42 Å². The van der Waals surface area contributed by atoms with Gasteiger partial charge in [-0.2, -0.15) is 0 Å². The average Bonchev–Trinajstić information content (AvgIpc) is 2.80. The molecule has 0 aliphatic heterocycles. The Balaban J connectivity index is 1.90. The number of carbonyl (C=O) groups excluding carboxylic acids is 1. The highest BCUT2D eigenvalue weighted by atomic mass is 32.1. The van der Waals surface area contributed by atoms with Crippen LogP contribution in [0.25, 0.3) is 0 Å². The second-order valence-corrected chi connectivity index (χ2v) is 5.88. The highest BCUT2D eigenvalue weighted by Crippen LogP contribution is 2.43. The summed E-state index contributed by atoms with van der Waals surface area (Å²) in [6.07, 6.45) is 2.84. The second-order valence-electron chi connectivity index (χ2n) is 4.94. The van der Waals surface area contributed by atoms with Crippen molar-refractivity contribution in [1.29, 1.82) is 0 Å². The Morgan fingerprint density at radius 2 is 2.26 bits per heavy atom. The fourth-order valence-corrected chi connectivity index (χ4v) is 2.94. The fraction of sp³-hybridized carbons (Fsp3) is 0.583. The summed E-state index contributed by atoms with van der Waals surface area (Å²) in [7, 11) is 0. The standard InChI is InChI=1S/C12H17N3O3S/c13-5-9-15-8(6-19-9)11(18)14-7-12(2-1-3-12)4-10(16)17/h6H,1-5,7,13H2,(H,14,18)(H,16,17). The summed E-state index contributed by atoms with van der Waals surface area (Å²) in [4.78, 5) is 26.8. The largest absolute Gasteiger partial charge is 0.481 e. The van der Waals surface area contributed by atoms with Gasteiger partial charge in [-0.15, -0.1) is 11.3 Å². The normalized spacial score (nSPS) is 16.7. The van der Waals surface area contributed by atoms with Crippen molar-refractivity contribution in [3.8, 4) is 0 Å². The Morgan fingerprint density at radius 1 is 1.53 bits per heavy atom. The highest BCUT2D eigenvalue weighted by Gasteiger charge is 2.39. The number of amides is 1. The van der Waals surface area contributed by atoms with Crippen molar-refractivity contribution >= 4 is 23.2 Å². The first-order valence-electron chi connectivity index (χ1n) is 6.19. The van der Waals surface area contributed by atoms with E-state index < -0.39 is 5.97 Å². The van der Waals surface area contributed by atoms with Gasteiger partial charge in [-0.25, -0.2) is 4.98 Å². The van der Waals surface area contributed by atoms with Crippen LogP contribution in [0, 0.1) is 5.41 Å². The molecule has 7 heteroatoms. The number of carboxylic acids is 1. The second kappa shape index (κ2) is 5.66. The third kappa shape index (κ3) is 3.30. The van der Waals surface area contributed by atoms with Gasteiger partial charge in [0.25, 0.3) is 5.91 Å². The van der Waals surface area contributed by atoms with Crippen LogP contribution >= 0.6 is 11.3 Å². The molecule has 1 aromatic heterocycles. The number of aromatic nitrogens is 1. The van der Waals surface area contributed by atoms with Crippen LogP contribution in [0.5, 0.6) is 0 Å². The monoisotopic (exact) mass is 283 g/mol. The molecule has 19 heavy (non-hydrogen) atoms. The third-order valence-electron chi connectivity index (χ3n) is 3.52. The van der Waals surface area contributed by atoms with Gasteiger partial charge in [0.2, 0.25) is 0 Å². The molecule has 0 radical (unpaired) electrons. The molecule has 0 aromatic carbocycles. The van der Waals surface area contributed by atoms with Gasteiger partial charge < -0.3 is 16.2 Å². The topological polar surface area (TPSA) is 105 Å². The van der Waals surface area contributed by atoms with E-state index in [1.54, 1.807) is 5.38 Å². The van der Waals surface area contributed by atoms with Gasteiger partial charge in [0.15, 0.2) is 0 Å². The SMILES string of the molecule is NCc1nc(C(=O)NCC2(CC(=O)O)CCC2)cs1. The lowest BCUT2D eigenvalue weighted by Gasteiger charge is -2.40. The minimum atomic E-state index is -0.812. The number of rotatable bonds is 6. The van der Waals surface area contributed by atoms with Crippen LogP contribution in [0.3, 0.4) is 0 Å². The number of nitrogens with zero attached hydrogens (tertiary/aromatic N) is 1. The van der Waals surface area contributed by atoms with E-state index in [0.717, 1.165) is 19.3 Å². The number of carbonyl (C=O) groups is 2. The number of nitrogens with two attached hydrogens (primary N) is 1. The Labute approximate surface area is 115 Å². The molecule has 1 amide bonds. The molecule has 6 nitrogen and oxygen atoms in total. The summed E-state index contributed by atoms with van der Waals surface area (Å²) in [5.74, 6) is -1.07. The zero-order chi connectivity index (χ0) is 13.9. The van der Waals surface area contributed by atoms with Crippen LogP contribution in [-0.4, -0.2) is 28.5 Å². The number of carboxylic acid groups (broad SMARTS) is 1. The summed E-state index contributed by atoms with van der Waals surface area (Å²) in [5.41, 5.74) is 5.53. The van der Waals surface area contributed by atoms with Gasteiger partial charge in [0, 0.05) is 18.5 Å². The summed E-state index contributed by atoms with van der Waals surface area (Å²) in [5, 5.41) is 14.1. The maximum Gasteiger partial charge on any atom is 0.303 e. The molecule has 0 bridgehead atoms. The van der Waals surface area contributed by atoms with Crippen molar-refractivity contribution in [2.75, 3.05) is 6.54 Å². The molecule has 1 fully saturated rings. The minimum Gasteiger partial charge on any atom is -0.481 e. The van der Waals surface area contributed by atoms with Crippen molar-refractivity contribution < 1.29 is 14.7 Å². The summed E-state index contributed by atoms with van der Waals surface area (Å²) in [6, 6.07) is 0. The molecule has 0 unspecified atom stereocenters. The van der Waals surface area contributed by atoms with E-state index in [-0.39, 0.29) is 17.7 Å². The predicted molar refractivity (Wildman–Crippen MR) is 70.9 cm³/mol. The number of aliphatic carboxylic acids is 1. The van der Waals surface area contributed by atoms with Crippen LogP contribution < -0.4 is 11.1 Å². The minimum absolute atomic E-state index is 0.110. The zero-order valence-electron chi connectivity index (χ0n) is 10.5. The first-order chi connectivity index (χ1) is 9.04. The molecule has 0 atom stereocenters. The lowest BCUT2D eigenvalue weighted by molar-refractivity contribution is -0.141. The number of hydrogen-bond donors (Lipinski definition) is 3. The molecule has 1 aromatic rings. The summed E-state index contributed by atoms with van der Waals surface area (Å²) < 4.78 is 0.